The molecule has 0 saturated heterocycles. The molecule has 2 aromatic rings. The van der Waals surface area contributed by atoms with Crippen LogP contribution in [0.25, 0.3) is 6.08 Å². The number of esters is 1. The lowest BCUT2D eigenvalue weighted by molar-refractivity contribution is -0.150. The van der Waals surface area contributed by atoms with Crippen LogP contribution in [0.2, 0.25) is 0 Å². The lowest BCUT2D eigenvalue weighted by Crippen LogP contribution is -2.44. The molecule has 8 nitrogen and oxygen atoms in total. The number of ether oxygens (including phenoxy) is 2. The third-order valence-electron chi connectivity index (χ3n) is 3.93. The summed E-state index contributed by atoms with van der Waals surface area (Å²) in [6, 6.07) is 16.9. The number of hydrogen-bond donors (Lipinski definition) is 2. The molecular formula is C22H21N3O5. The number of carbonyl (C=O) groups excluding carboxylic acids is 3. The SMILES string of the molecule is COc1cccc(/C=C(\C#N)C(=O)O[C@H](C)C(=O)NC(=O)NCc2ccccc2)c1. The fraction of sp³-hybridized carbons (Fsp3) is 0.182. The number of nitrogens with one attached hydrogen (secondary N) is 2. The van der Waals surface area contributed by atoms with Gasteiger partial charge in [-0.15, -0.1) is 0 Å². The molecule has 8 heteroatoms. The zero-order valence-corrected chi connectivity index (χ0v) is 16.5. The Morgan fingerprint density at radius 2 is 1.87 bits per heavy atom. The number of hydrogen-bond acceptors (Lipinski definition) is 6. The molecule has 0 unspecified atom stereocenters. The molecule has 3 amide bonds. The van der Waals surface area contributed by atoms with Crippen LogP contribution in [0.1, 0.15) is 18.1 Å². The highest BCUT2D eigenvalue weighted by molar-refractivity contribution is 6.01. The van der Waals surface area contributed by atoms with E-state index in [0.717, 1.165) is 5.56 Å². The van der Waals surface area contributed by atoms with Gasteiger partial charge in [0.25, 0.3) is 5.91 Å². The summed E-state index contributed by atoms with van der Waals surface area (Å²) in [6.45, 7) is 1.54. The molecule has 2 aromatic carbocycles. The van der Waals surface area contributed by atoms with Crippen LogP contribution < -0.4 is 15.4 Å². The molecule has 154 valence electrons. The molecule has 0 fully saturated rings. The maximum absolute atomic E-state index is 12.2. The molecule has 0 saturated carbocycles. The van der Waals surface area contributed by atoms with Gasteiger partial charge in [0.2, 0.25) is 0 Å². The van der Waals surface area contributed by atoms with E-state index in [9.17, 15) is 19.6 Å². The predicted molar refractivity (Wildman–Crippen MR) is 109 cm³/mol. The third-order valence-corrected chi connectivity index (χ3v) is 3.93. The fourth-order valence-corrected chi connectivity index (χ4v) is 2.35. The van der Waals surface area contributed by atoms with Crippen molar-refractivity contribution in [2.75, 3.05) is 7.11 Å². The van der Waals surface area contributed by atoms with Crippen LogP contribution >= 0.6 is 0 Å². The first kappa shape index (κ1) is 22.2. The average Bonchev–Trinajstić information content (AvgIpc) is 2.76. The largest absolute Gasteiger partial charge is 0.497 e. The van der Waals surface area contributed by atoms with E-state index < -0.39 is 24.0 Å². The number of urea groups is 1. The van der Waals surface area contributed by atoms with Crippen molar-refractivity contribution in [3.05, 3.63) is 71.3 Å². The van der Waals surface area contributed by atoms with Gasteiger partial charge in [-0.05, 0) is 36.3 Å². The minimum Gasteiger partial charge on any atom is -0.497 e. The van der Waals surface area contributed by atoms with Crippen LogP contribution in [-0.4, -0.2) is 31.1 Å². The molecule has 2 N–H and O–H groups in total. The summed E-state index contributed by atoms with van der Waals surface area (Å²) in [5, 5.41) is 13.9. The summed E-state index contributed by atoms with van der Waals surface area (Å²) in [6.07, 6.45) is 0.0456. The van der Waals surface area contributed by atoms with E-state index in [1.165, 1.54) is 20.1 Å². The van der Waals surface area contributed by atoms with Gasteiger partial charge in [0.1, 0.15) is 17.4 Å². The Balaban J connectivity index is 1.91. The number of methoxy groups -OCH3 is 1. The Hall–Kier alpha value is -4.12. The quantitative estimate of drug-likeness (QED) is 0.414. The monoisotopic (exact) mass is 407 g/mol. The highest BCUT2D eigenvalue weighted by Gasteiger charge is 2.22. The zero-order valence-electron chi connectivity index (χ0n) is 16.5. The van der Waals surface area contributed by atoms with Crippen molar-refractivity contribution >= 4 is 24.0 Å². The first-order chi connectivity index (χ1) is 14.4. The van der Waals surface area contributed by atoms with E-state index in [2.05, 4.69) is 10.6 Å². The highest BCUT2D eigenvalue weighted by Crippen LogP contribution is 2.16. The summed E-state index contributed by atoms with van der Waals surface area (Å²) in [7, 11) is 1.50. The minimum atomic E-state index is -1.28. The van der Waals surface area contributed by atoms with E-state index in [0.29, 0.717) is 11.3 Å². The molecule has 0 radical (unpaired) electrons. The summed E-state index contributed by atoms with van der Waals surface area (Å²) in [5.74, 6) is -1.23. The van der Waals surface area contributed by atoms with Crippen molar-refractivity contribution in [3.63, 3.8) is 0 Å². The van der Waals surface area contributed by atoms with E-state index in [-0.39, 0.29) is 12.1 Å². The maximum atomic E-state index is 12.2. The van der Waals surface area contributed by atoms with Gasteiger partial charge in [-0.3, -0.25) is 10.1 Å². The number of amides is 3. The summed E-state index contributed by atoms with van der Waals surface area (Å²) in [5.41, 5.74) is 1.12. The normalized spacial score (nSPS) is 11.6. The van der Waals surface area contributed by atoms with Gasteiger partial charge in [-0.25, -0.2) is 9.59 Å². The Morgan fingerprint density at radius 3 is 2.53 bits per heavy atom. The lowest BCUT2D eigenvalue weighted by atomic mass is 10.1. The Kier molecular flexibility index (Phi) is 8.15. The second-order valence-electron chi connectivity index (χ2n) is 6.15. The molecular weight excluding hydrogens is 386 g/mol. The molecule has 1 atom stereocenters. The van der Waals surface area contributed by atoms with Crippen LogP contribution in [0.5, 0.6) is 5.75 Å². The molecule has 0 aliphatic heterocycles. The smallest absolute Gasteiger partial charge is 0.349 e. The first-order valence-corrected chi connectivity index (χ1v) is 9.02. The van der Waals surface area contributed by atoms with Crippen LogP contribution in [0.15, 0.2) is 60.2 Å². The molecule has 0 heterocycles. The highest BCUT2D eigenvalue weighted by atomic mass is 16.5. The van der Waals surface area contributed by atoms with Crippen molar-refractivity contribution in [2.24, 2.45) is 0 Å². The van der Waals surface area contributed by atoms with Gasteiger partial charge in [-0.1, -0.05) is 42.5 Å². The Labute approximate surface area is 174 Å². The maximum Gasteiger partial charge on any atom is 0.349 e. The van der Waals surface area contributed by atoms with Gasteiger partial charge in [0.15, 0.2) is 6.10 Å². The minimum absolute atomic E-state index is 0.232. The zero-order chi connectivity index (χ0) is 21.9. The van der Waals surface area contributed by atoms with Crippen LogP contribution in [0, 0.1) is 11.3 Å². The first-order valence-electron chi connectivity index (χ1n) is 9.02. The van der Waals surface area contributed by atoms with Crippen LogP contribution in [-0.2, 0) is 20.9 Å². The number of imide groups is 1. The van der Waals surface area contributed by atoms with Crippen LogP contribution in [0.3, 0.4) is 0 Å². The second-order valence-corrected chi connectivity index (χ2v) is 6.15. The van der Waals surface area contributed by atoms with Gasteiger partial charge in [0.05, 0.1) is 7.11 Å². The summed E-state index contributed by atoms with van der Waals surface area (Å²) >= 11 is 0. The standard InChI is InChI=1S/C22H21N3O5/c1-15(20(26)25-22(28)24-14-16-7-4-3-5-8-16)30-21(27)18(13-23)11-17-9-6-10-19(12-17)29-2/h3-12,15H,14H2,1-2H3,(H2,24,25,26,28)/b18-11+/t15-/m1/s1. The molecule has 0 aliphatic carbocycles. The van der Waals surface area contributed by atoms with Crippen molar-refractivity contribution in [3.8, 4) is 11.8 Å². The lowest BCUT2D eigenvalue weighted by Gasteiger charge is -2.13. The van der Waals surface area contributed by atoms with Crippen molar-refractivity contribution in [1.82, 2.24) is 10.6 Å². The third kappa shape index (κ3) is 6.80. The topological polar surface area (TPSA) is 118 Å². The van der Waals surface area contributed by atoms with Crippen molar-refractivity contribution in [1.29, 1.82) is 5.26 Å². The molecule has 30 heavy (non-hydrogen) atoms. The van der Waals surface area contributed by atoms with Crippen LogP contribution in [0.4, 0.5) is 4.79 Å². The molecule has 0 spiro atoms. The number of rotatable bonds is 7. The fourth-order valence-electron chi connectivity index (χ4n) is 2.35. The molecule has 0 bridgehead atoms. The van der Waals surface area contributed by atoms with Gasteiger partial charge >= 0.3 is 12.0 Å². The van der Waals surface area contributed by atoms with Gasteiger partial charge < -0.3 is 14.8 Å². The Bertz CT molecular complexity index is 980. The van der Waals surface area contributed by atoms with Crippen molar-refractivity contribution in [2.45, 2.75) is 19.6 Å². The van der Waals surface area contributed by atoms with Gasteiger partial charge in [-0.2, -0.15) is 5.26 Å². The second kappa shape index (κ2) is 11.0. The van der Waals surface area contributed by atoms with Crippen molar-refractivity contribution < 1.29 is 23.9 Å². The number of carbonyl (C=O) groups is 3. The number of nitriles is 1. The summed E-state index contributed by atoms with van der Waals surface area (Å²) in [4.78, 5) is 36.2. The number of benzene rings is 2. The van der Waals surface area contributed by atoms with E-state index >= 15 is 0 Å². The molecule has 0 aliphatic rings. The number of nitrogens with zero attached hydrogens (tertiary/aromatic N) is 1. The predicted octanol–water partition coefficient (Wildman–Crippen LogP) is 2.56. The average molecular weight is 407 g/mol. The summed E-state index contributed by atoms with van der Waals surface area (Å²) < 4.78 is 10.1. The van der Waals surface area contributed by atoms with E-state index in [1.54, 1.807) is 30.3 Å². The Morgan fingerprint density at radius 1 is 1.13 bits per heavy atom. The van der Waals surface area contributed by atoms with Gasteiger partial charge in [0, 0.05) is 6.54 Å². The molecule has 2 rings (SSSR count). The molecule has 0 aromatic heterocycles. The van der Waals surface area contributed by atoms with E-state index in [1.807, 2.05) is 30.3 Å². The van der Waals surface area contributed by atoms with E-state index in [4.69, 9.17) is 9.47 Å².